The van der Waals surface area contributed by atoms with E-state index in [4.69, 9.17) is 4.74 Å². The molecule has 26 heavy (non-hydrogen) atoms. The molecule has 1 aliphatic heterocycles. The molecule has 2 atom stereocenters. The highest BCUT2D eigenvalue weighted by molar-refractivity contribution is 5.85. The van der Waals surface area contributed by atoms with E-state index in [9.17, 15) is 4.79 Å². The van der Waals surface area contributed by atoms with Gasteiger partial charge in [0.05, 0.1) is 17.1 Å². The van der Waals surface area contributed by atoms with E-state index in [1.165, 1.54) is 24.8 Å². The van der Waals surface area contributed by atoms with Crippen molar-refractivity contribution >= 4 is 23.4 Å². The van der Waals surface area contributed by atoms with Gasteiger partial charge in [0.25, 0.3) is 0 Å². The number of nitrogens with zero attached hydrogens (tertiary/aromatic N) is 2. The first kappa shape index (κ1) is 19.5. The van der Waals surface area contributed by atoms with E-state index in [1.807, 2.05) is 17.7 Å². The molecule has 1 saturated heterocycles. The van der Waals surface area contributed by atoms with Crippen molar-refractivity contribution in [3.8, 4) is 0 Å². The number of nitrogens with one attached hydrogen (secondary N) is 1. The summed E-state index contributed by atoms with van der Waals surface area (Å²) in [5, 5.41) is 0. The van der Waals surface area contributed by atoms with Crippen molar-refractivity contribution in [1.82, 2.24) is 14.5 Å². The smallest absolute Gasteiger partial charge is 0.326 e. The van der Waals surface area contributed by atoms with Gasteiger partial charge in [0.2, 0.25) is 0 Å². The monoisotopic (exact) mass is 379 g/mol. The van der Waals surface area contributed by atoms with Gasteiger partial charge in [-0.05, 0) is 63.1 Å². The molecule has 0 radical (unpaired) electrons. The maximum Gasteiger partial charge on any atom is 0.326 e. The Balaban J connectivity index is 0.00000196. The SMILES string of the molecule is COC1CCCC(N2CCC(n3c(=O)[nH]c4ccc(C)cc43)CC2)C1.Cl. The maximum absolute atomic E-state index is 12.5. The van der Waals surface area contributed by atoms with Crippen molar-refractivity contribution in [3.05, 3.63) is 34.2 Å². The minimum absolute atomic E-state index is 0. The number of hydrogen-bond donors (Lipinski definition) is 1. The molecular formula is C20H30ClN3O2. The number of H-pyrrole nitrogens is 1. The molecule has 2 fully saturated rings. The number of methoxy groups -OCH3 is 1. The van der Waals surface area contributed by atoms with Gasteiger partial charge < -0.3 is 14.6 Å². The molecule has 1 aliphatic carbocycles. The first-order valence-electron chi connectivity index (χ1n) is 9.63. The number of aryl methyl sites for hydroxylation is 1. The standard InChI is InChI=1S/C20H29N3O2.ClH/c1-14-6-7-18-19(12-14)23(20(24)21-18)15-8-10-22(11-9-15)16-4-3-5-17(13-16)25-2;/h6-7,12,15-17H,3-5,8-11,13H2,1-2H3,(H,21,24);1H. The van der Waals surface area contributed by atoms with Gasteiger partial charge in [-0.2, -0.15) is 0 Å². The van der Waals surface area contributed by atoms with E-state index in [2.05, 4.69) is 28.9 Å². The number of ether oxygens (including phenoxy) is 1. The fourth-order valence-electron chi connectivity index (χ4n) is 4.77. The van der Waals surface area contributed by atoms with Crippen LogP contribution >= 0.6 is 12.4 Å². The van der Waals surface area contributed by atoms with Crippen molar-refractivity contribution in [3.63, 3.8) is 0 Å². The Morgan fingerprint density at radius 1 is 1.12 bits per heavy atom. The van der Waals surface area contributed by atoms with Crippen molar-refractivity contribution in [1.29, 1.82) is 0 Å². The van der Waals surface area contributed by atoms with Gasteiger partial charge in [0.1, 0.15) is 0 Å². The summed E-state index contributed by atoms with van der Waals surface area (Å²) in [6, 6.07) is 7.16. The number of aromatic amines is 1. The van der Waals surface area contributed by atoms with E-state index in [1.54, 1.807) is 0 Å². The Bertz CT molecular complexity index is 792. The summed E-state index contributed by atoms with van der Waals surface area (Å²) in [6.07, 6.45) is 7.45. The fourth-order valence-corrected chi connectivity index (χ4v) is 4.77. The molecule has 4 rings (SSSR count). The van der Waals surface area contributed by atoms with Crippen molar-refractivity contribution in [2.75, 3.05) is 20.2 Å². The third kappa shape index (κ3) is 3.71. The molecule has 1 aromatic carbocycles. The molecule has 5 nitrogen and oxygen atoms in total. The second-order valence-corrected chi connectivity index (χ2v) is 7.77. The predicted octanol–water partition coefficient (Wildman–Crippen LogP) is 3.65. The van der Waals surface area contributed by atoms with Gasteiger partial charge in [-0.25, -0.2) is 4.79 Å². The van der Waals surface area contributed by atoms with Crippen LogP contribution in [0.5, 0.6) is 0 Å². The Kier molecular flexibility index (Phi) is 6.10. The lowest BCUT2D eigenvalue weighted by Crippen LogP contribution is -2.45. The quantitative estimate of drug-likeness (QED) is 0.885. The zero-order valence-corrected chi connectivity index (χ0v) is 16.6. The van der Waals surface area contributed by atoms with Crippen LogP contribution in [0.2, 0.25) is 0 Å². The summed E-state index contributed by atoms with van der Waals surface area (Å²) in [4.78, 5) is 18.1. The van der Waals surface area contributed by atoms with Crippen LogP contribution in [0.1, 0.15) is 50.1 Å². The Labute approximate surface area is 161 Å². The summed E-state index contributed by atoms with van der Waals surface area (Å²) in [7, 11) is 1.84. The molecule has 144 valence electrons. The zero-order valence-electron chi connectivity index (χ0n) is 15.7. The normalized spacial score (nSPS) is 25.3. The van der Waals surface area contributed by atoms with E-state index >= 15 is 0 Å². The van der Waals surface area contributed by atoms with Crippen LogP contribution in [0.3, 0.4) is 0 Å². The highest BCUT2D eigenvalue weighted by atomic mass is 35.5. The van der Waals surface area contributed by atoms with Gasteiger partial charge in [0, 0.05) is 32.3 Å². The second kappa shape index (κ2) is 8.15. The third-order valence-corrected chi connectivity index (χ3v) is 6.19. The Morgan fingerprint density at radius 2 is 1.88 bits per heavy atom. The van der Waals surface area contributed by atoms with Gasteiger partial charge in [-0.15, -0.1) is 12.4 Å². The molecular weight excluding hydrogens is 350 g/mol. The van der Waals surface area contributed by atoms with Crippen molar-refractivity contribution in [2.45, 2.75) is 63.6 Å². The molecule has 2 aliphatic rings. The number of benzene rings is 1. The predicted molar refractivity (Wildman–Crippen MR) is 107 cm³/mol. The minimum Gasteiger partial charge on any atom is -0.381 e. The molecule has 1 aromatic heterocycles. The van der Waals surface area contributed by atoms with Crippen LogP contribution in [0.25, 0.3) is 11.0 Å². The first-order chi connectivity index (χ1) is 12.2. The number of imidazole rings is 1. The zero-order chi connectivity index (χ0) is 17.4. The van der Waals surface area contributed by atoms with Gasteiger partial charge in [0.15, 0.2) is 0 Å². The molecule has 1 saturated carbocycles. The highest BCUT2D eigenvalue weighted by Crippen LogP contribution is 2.31. The summed E-state index contributed by atoms with van der Waals surface area (Å²) in [5.74, 6) is 0. The Hall–Kier alpha value is -1.30. The van der Waals surface area contributed by atoms with Gasteiger partial charge in [-0.3, -0.25) is 4.57 Å². The molecule has 2 heterocycles. The average Bonchev–Trinajstić information content (AvgIpc) is 2.97. The topological polar surface area (TPSA) is 50.3 Å². The molecule has 2 aromatic rings. The summed E-state index contributed by atoms with van der Waals surface area (Å²) in [5.41, 5.74) is 3.25. The number of hydrogen-bond acceptors (Lipinski definition) is 3. The lowest BCUT2D eigenvalue weighted by atomic mass is 9.90. The summed E-state index contributed by atoms with van der Waals surface area (Å²) >= 11 is 0. The minimum atomic E-state index is 0. The first-order valence-corrected chi connectivity index (χ1v) is 9.63. The number of piperidine rings is 1. The lowest BCUT2D eigenvalue weighted by Gasteiger charge is -2.41. The highest BCUT2D eigenvalue weighted by Gasteiger charge is 2.31. The van der Waals surface area contributed by atoms with Crippen LogP contribution in [0.4, 0.5) is 0 Å². The van der Waals surface area contributed by atoms with Crippen molar-refractivity contribution in [2.24, 2.45) is 0 Å². The van der Waals surface area contributed by atoms with Crippen LogP contribution in [0.15, 0.2) is 23.0 Å². The van der Waals surface area contributed by atoms with Gasteiger partial charge in [-0.1, -0.05) is 6.07 Å². The number of rotatable bonds is 3. The number of fused-ring (bicyclic) bond motifs is 1. The summed E-state index contributed by atoms with van der Waals surface area (Å²) < 4.78 is 7.59. The third-order valence-electron chi connectivity index (χ3n) is 6.19. The number of likely N-dealkylation sites (tertiary alicyclic amines) is 1. The van der Waals surface area contributed by atoms with Crippen LogP contribution in [0, 0.1) is 6.92 Å². The van der Waals surface area contributed by atoms with Crippen molar-refractivity contribution < 1.29 is 4.74 Å². The largest absolute Gasteiger partial charge is 0.381 e. The van der Waals surface area contributed by atoms with E-state index in [-0.39, 0.29) is 18.1 Å². The van der Waals surface area contributed by atoms with E-state index in [0.29, 0.717) is 18.2 Å². The van der Waals surface area contributed by atoms with E-state index < -0.39 is 0 Å². The maximum atomic E-state index is 12.5. The second-order valence-electron chi connectivity index (χ2n) is 7.77. The summed E-state index contributed by atoms with van der Waals surface area (Å²) in [6.45, 7) is 4.24. The molecule has 0 amide bonds. The molecule has 2 unspecified atom stereocenters. The lowest BCUT2D eigenvalue weighted by molar-refractivity contribution is 0.0184. The number of halogens is 1. The molecule has 0 bridgehead atoms. The number of aromatic nitrogens is 2. The van der Waals surface area contributed by atoms with Crippen LogP contribution < -0.4 is 5.69 Å². The average molecular weight is 380 g/mol. The molecule has 0 spiro atoms. The van der Waals surface area contributed by atoms with E-state index in [0.717, 1.165) is 43.4 Å². The van der Waals surface area contributed by atoms with Crippen LogP contribution in [-0.4, -0.2) is 46.8 Å². The van der Waals surface area contributed by atoms with Crippen LogP contribution in [-0.2, 0) is 4.74 Å². The molecule has 6 heteroatoms. The Morgan fingerprint density at radius 3 is 2.62 bits per heavy atom. The van der Waals surface area contributed by atoms with Gasteiger partial charge >= 0.3 is 5.69 Å². The fraction of sp³-hybridized carbons (Fsp3) is 0.650. The molecule has 1 N–H and O–H groups in total.